The lowest BCUT2D eigenvalue weighted by Gasteiger charge is -2.14. The van der Waals surface area contributed by atoms with Crippen molar-refractivity contribution in [3.63, 3.8) is 0 Å². The lowest BCUT2D eigenvalue weighted by Crippen LogP contribution is -1.97. The monoisotopic (exact) mass is 310 g/mol. The van der Waals surface area contributed by atoms with Gasteiger partial charge in [0.2, 0.25) is 16.9 Å². The van der Waals surface area contributed by atoms with Crippen molar-refractivity contribution >= 4 is 11.6 Å². The number of methoxy groups -OCH3 is 3. The highest BCUT2D eigenvalue weighted by molar-refractivity contribution is 6.28. The minimum Gasteiger partial charge on any atom is -0.493 e. The Labute approximate surface area is 127 Å². The number of nitrogens with zero attached hydrogens (tertiary/aromatic N) is 2. The minimum atomic E-state index is 0.123. The van der Waals surface area contributed by atoms with Crippen LogP contribution in [0.1, 0.15) is 5.69 Å². The molecule has 0 aliphatic carbocycles. The van der Waals surface area contributed by atoms with E-state index in [-0.39, 0.29) is 5.28 Å². The molecule has 0 aliphatic heterocycles. The van der Waals surface area contributed by atoms with Gasteiger partial charge in [-0.05, 0) is 18.5 Å². The van der Waals surface area contributed by atoms with Gasteiger partial charge < -0.3 is 18.9 Å². The summed E-state index contributed by atoms with van der Waals surface area (Å²) >= 11 is 5.81. The second kappa shape index (κ2) is 6.49. The smallest absolute Gasteiger partial charge is 0.225 e. The summed E-state index contributed by atoms with van der Waals surface area (Å²) in [6.45, 7) is 1.80. The zero-order chi connectivity index (χ0) is 15.4. The highest BCUT2D eigenvalue weighted by Gasteiger charge is 2.15. The highest BCUT2D eigenvalue weighted by atomic mass is 35.5. The summed E-state index contributed by atoms with van der Waals surface area (Å²) in [5, 5.41) is 0.123. The number of benzene rings is 1. The first-order valence-electron chi connectivity index (χ1n) is 6.06. The molecule has 0 aliphatic rings. The molecular formula is C14H15ClN2O4. The molecule has 6 nitrogen and oxygen atoms in total. The van der Waals surface area contributed by atoms with Crippen LogP contribution in [0.15, 0.2) is 18.2 Å². The lowest BCUT2D eigenvalue weighted by molar-refractivity contribution is 0.320. The summed E-state index contributed by atoms with van der Waals surface area (Å²) in [4.78, 5) is 7.98. The molecule has 0 atom stereocenters. The van der Waals surface area contributed by atoms with E-state index < -0.39 is 0 Å². The summed E-state index contributed by atoms with van der Waals surface area (Å²) in [6, 6.07) is 5.02. The molecule has 1 heterocycles. The van der Waals surface area contributed by atoms with Crippen LogP contribution in [-0.2, 0) is 0 Å². The van der Waals surface area contributed by atoms with Gasteiger partial charge in [-0.25, -0.2) is 4.98 Å². The van der Waals surface area contributed by atoms with Gasteiger partial charge >= 0.3 is 0 Å². The topological polar surface area (TPSA) is 62.7 Å². The molecule has 21 heavy (non-hydrogen) atoms. The molecular weight excluding hydrogens is 296 g/mol. The summed E-state index contributed by atoms with van der Waals surface area (Å²) < 4.78 is 21.4. The average molecular weight is 311 g/mol. The van der Waals surface area contributed by atoms with Crippen LogP contribution in [0.4, 0.5) is 0 Å². The first-order valence-corrected chi connectivity index (χ1v) is 6.44. The van der Waals surface area contributed by atoms with Gasteiger partial charge in [0.1, 0.15) is 5.75 Å². The maximum absolute atomic E-state index is 5.81. The molecule has 0 radical (unpaired) electrons. The van der Waals surface area contributed by atoms with E-state index in [2.05, 4.69) is 9.97 Å². The van der Waals surface area contributed by atoms with E-state index in [9.17, 15) is 0 Å². The molecule has 0 spiro atoms. The minimum absolute atomic E-state index is 0.123. The van der Waals surface area contributed by atoms with Gasteiger partial charge in [-0.2, -0.15) is 4.98 Å². The van der Waals surface area contributed by atoms with E-state index in [1.54, 1.807) is 25.1 Å². The number of rotatable bonds is 5. The molecule has 0 saturated carbocycles. The van der Waals surface area contributed by atoms with Crippen molar-refractivity contribution in [2.45, 2.75) is 6.92 Å². The Morgan fingerprint density at radius 3 is 2.00 bits per heavy atom. The largest absolute Gasteiger partial charge is 0.493 e. The van der Waals surface area contributed by atoms with Crippen LogP contribution >= 0.6 is 11.6 Å². The molecule has 0 bridgehead atoms. The zero-order valence-electron chi connectivity index (χ0n) is 12.1. The summed E-state index contributed by atoms with van der Waals surface area (Å²) in [5.41, 5.74) is 0.706. The van der Waals surface area contributed by atoms with E-state index in [4.69, 9.17) is 30.5 Å². The van der Waals surface area contributed by atoms with Gasteiger partial charge in [-0.3, -0.25) is 0 Å². The second-order valence-corrected chi connectivity index (χ2v) is 4.42. The Kier molecular flexibility index (Phi) is 4.70. The predicted molar refractivity (Wildman–Crippen MR) is 78.0 cm³/mol. The maximum Gasteiger partial charge on any atom is 0.225 e. The van der Waals surface area contributed by atoms with Crippen LogP contribution in [0.5, 0.6) is 28.9 Å². The number of aryl methyl sites for hydroxylation is 1. The van der Waals surface area contributed by atoms with Crippen LogP contribution < -0.4 is 18.9 Å². The van der Waals surface area contributed by atoms with Crippen molar-refractivity contribution in [3.05, 3.63) is 29.2 Å². The van der Waals surface area contributed by atoms with Crippen molar-refractivity contribution in [1.82, 2.24) is 9.97 Å². The van der Waals surface area contributed by atoms with Crippen molar-refractivity contribution in [2.24, 2.45) is 0 Å². The van der Waals surface area contributed by atoms with Crippen molar-refractivity contribution in [1.29, 1.82) is 0 Å². The molecule has 2 aromatic rings. The highest BCUT2D eigenvalue weighted by Crippen LogP contribution is 2.41. The van der Waals surface area contributed by atoms with Crippen LogP contribution in [0.25, 0.3) is 0 Å². The maximum atomic E-state index is 5.81. The Balaban J connectivity index is 2.40. The summed E-state index contributed by atoms with van der Waals surface area (Å²) in [7, 11) is 4.61. The molecule has 2 rings (SSSR count). The molecule has 1 aromatic heterocycles. The first-order chi connectivity index (χ1) is 10.1. The third-order valence-electron chi connectivity index (χ3n) is 2.66. The van der Waals surface area contributed by atoms with Gasteiger partial charge in [0.15, 0.2) is 11.5 Å². The second-order valence-electron chi connectivity index (χ2n) is 4.08. The van der Waals surface area contributed by atoms with Crippen LogP contribution in [0, 0.1) is 6.92 Å². The van der Waals surface area contributed by atoms with E-state index in [0.717, 1.165) is 0 Å². The standard InChI is InChI=1S/C14H15ClN2O4/c1-8-5-12(17-14(15)16-8)21-9-6-10(18-2)13(20-4)11(7-9)19-3/h5-7H,1-4H3. The van der Waals surface area contributed by atoms with Crippen LogP contribution in [0.2, 0.25) is 5.28 Å². The zero-order valence-corrected chi connectivity index (χ0v) is 12.9. The molecule has 0 amide bonds. The summed E-state index contributed by atoms with van der Waals surface area (Å²) in [6.07, 6.45) is 0. The molecule has 112 valence electrons. The third kappa shape index (κ3) is 3.46. The van der Waals surface area contributed by atoms with Crippen molar-refractivity contribution in [2.75, 3.05) is 21.3 Å². The van der Waals surface area contributed by atoms with Crippen molar-refractivity contribution < 1.29 is 18.9 Å². The Morgan fingerprint density at radius 1 is 0.905 bits per heavy atom. The number of hydrogen-bond acceptors (Lipinski definition) is 6. The fraction of sp³-hybridized carbons (Fsp3) is 0.286. The fourth-order valence-corrected chi connectivity index (χ4v) is 2.01. The van der Waals surface area contributed by atoms with E-state index in [1.807, 2.05) is 0 Å². The van der Waals surface area contributed by atoms with Crippen molar-refractivity contribution in [3.8, 4) is 28.9 Å². The molecule has 7 heteroatoms. The molecule has 0 saturated heterocycles. The quantitative estimate of drug-likeness (QED) is 0.790. The number of hydrogen-bond donors (Lipinski definition) is 0. The van der Waals surface area contributed by atoms with E-state index in [0.29, 0.717) is 34.6 Å². The van der Waals surface area contributed by atoms with Gasteiger partial charge in [0, 0.05) is 23.9 Å². The molecule has 0 N–H and O–H groups in total. The average Bonchev–Trinajstić information content (AvgIpc) is 2.45. The van der Waals surface area contributed by atoms with Gasteiger partial charge in [-0.15, -0.1) is 0 Å². The Hall–Kier alpha value is -2.21. The third-order valence-corrected chi connectivity index (χ3v) is 2.83. The van der Waals surface area contributed by atoms with Gasteiger partial charge in [-0.1, -0.05) is 0 Å². The SMILES string of the molecule is COc1cc(Oc2cc(C)nc(Cl)n2)cc(OC)c1OC. The van der Waals surface area contributed by atoms with E-state index >= 15 is 0 Å². The number of halogens is 1. The molecule has 0 unspecified atom stereocenters. The van der Waals surface area contributed by atoms with Gasteiger partial charge in [0.05, 0.1) is 21.3 Å². The molecule has 0 fully saturated rings. The fourth-order valence-electron chi connectivity index (χ4n) is 1.79. The number of aromatic nitrogens is 2. The normalized spacial score (nSPS) is 10.1. The number of ether oxygens (including phenoxy) is 4. The van der Waals surface area contributed by atoms with E-state index in [1.165, 1.54) is 21.3 Å². The predicted octanol–water partition coefficient (Wildman–Crippen LogP) is 3.26. The Bertz CT molecular complexity index is 604. The summed E-state index contributed by atoms with van der Waals surface area (Å²) in [5.74, 6) is 2.29. The van der Waals surface area contributed by atoms with Crippen LogP contribution in [0.3, 0.4) is 0 Å². The first kappa shape index (κ1) is 15.2. The Morgan fingerprint density at radius 2 is 1.52 bits per heavy atom. The van der Waals surface area contributed by atoms with Crippen LogP contribution in [-0.4, -0.2) is 31.3 Å². The molecule has 1 aromatic carbocycles. The van der Waals surface area contributed by atoms with Gasteiger partial charge in [0.25, 0.3) is 0 Å². The lowest BCUT2D eigenvalue weighted by atomic mass is 10.2.